The number of H-pyrrole nitrogens is 1. The third-order valence-electron chi connectivity index (χ3n) is 4.06. The number of hydrogen-bond donors (Lipinski definition) is 2. The first kappa shape index (κ1) is 13.3. The van der Waals surface area contributed by atoms with E-state index >= 15 is 0 Å². The van der Waals surface area contributed by atoms with Crippen molar-refractivity contribution < 1.29 is 9.71 Å². The van der Waals surface area contributed by atoms with Gasteiger partial charge >= 0.3 is 0 Å². The molecule has 3 aromatic heterocycles. The Morgan fingerprint density at radius 1 is 1.27 bits per heavy atom. The third kappa shape index (κ3) is 2.33. The minimum Gasteiger partial charge on any atom is -0.248 e. The van der Waals surface area contributed by atoms with E-state index in [1.165, 1.54) is 12.5 Å². The molecule has 3 heterocycles. The summed E-state index contributed by atoms with van der Waals surface area (Å²) in [5.74, 6) is 2.52. The highest BCUT2D eigenvalue weighted by molar-refractivity contribution is 5.83. The molecule has 1 aliphatic rings. The number of hydrogen-bond acceptors (Lipinski definition) is 4. The molecular weight excluding hydrogens is 283 g/mol. The maximum Gasteiger partial charge on any atom is 0.236 e. The fourth-order valence-electron chi connectivity index (χ4n) is 2.69. The first-order chi connectivity index (χ1) is 10.7. The molecule has 1 fully saturated rings. The lowest BCUT2D eigenvalue weighted by molar-refractivity contribution is -0.485. The van der Waals surface area contributed by atoms with Crippen LogP contribution in [0, 0.1) is 12.7 Å². The fraction of sp³-hybridized carbons (Fsp3) is 0.333. The van der Waals surface area contributed by atoms with Crippen LogP contribution in [0.4, 0.5) is 16.0 Å². The van der Waals surface area contributed by atoms with Gasteiger partial charge in [-0.05, 0) is 25.8 Å². The number of aromatic amines is 1. The molecule has 4 rings (SSSR count). The van der Waals surface area contributed by atoms with Crippen molar-refractivity contribution in [2.24, 2.45) is 0 Å². The fourth-order valence-corrected chi connectivity index (χ4v) is 2.69. The number of nitrogens with one attached hydrogen (secondary N) is 1. The van der Waals surface area contributed by atoms with Crippen LogP contribution in [-0.4, -0.2) is 25.1 Å². The topological polar surface area (TPSA) is 84.0 Å². The van der Waals surface area contributed by atoms with Crippen molar-refractivity contribution in [2.45, 2.75) is 32.1 Å². The van der Waals surface area contributed by atoms with Gasteiger partial charge in [-0.1, -0.05) is 6.42 Å². The highest BCUT2D eigenvalue weighted by atomic mass is 19.1. The summed E-state index contributed by atoms with van der Waals surface area (Å²) in [6, 6.07) is 3.35. The molecule has 0 aromatic carbocycles. The Bertz CT molecular complexity index is 839. The lowest BCUT2D eigenvalue weighted by Crippen LogP contribution is -2.72. The Morgan fingerprint density at radius 3 is 2.91 bits per heavy atom. The van der Waals surface area contributed by atoms with Crippen LogP contribution in [0.15, 0.2) is 18.3 Å². The standard InChI is InChI=1S/C15H15FN6/c1-8-5-12(19-13(18-8)9-3-2-4-9)20-15-11-6-10(16)7-17-14(11)21-22-15/h5-7,9H,2-4H2,1H3,(H2,17,18,19,20,21,22)/p+1. The first-order valence-electron chi connectivity index (χ1n) is 7.39. The van der Waals surface area contributed by atoms with Gasteiger partial charge in [0.25, 0.3) is 0 Å². The Balaban J connectivity index is 1.69. The molecule has 0 unspecified atom stereocenters. The number of quaternary nitrogens is 1. The van der Waals surface area contributed by atoms with E-state index in [1.807, 2.05) is 18.3 Å². The van der Waals surface area contributed by atoms with Gasteiger partial charge in [0.15, 0.2) is 5.65 Å². The molecule has 7 heteroatoms. The number of rotatable bonds is 3. The zero-order valence-electron chi connectivity index (χ0n) is 12.2. The van der Waals surface area contributed by atoms with E-state index in [0.717, 1.165) is 36.4 Å². The summed E-state index contributed by atoms with van der Waals surface area (Å²) < 4.78 is 13.4. The smallest absolute Gasteiger partial charge is 0.236 e. The van der Waals surface area contributed by atoms with Gasteiger partial charge in [-0.3, -0.25) is 0 Å². The number of pyridine rings is 1. The van der Waals surface area contributed by atoms with Gasteiger partial charge in [0, 0.05) is 17.7 Å². The summed E-state index contributed by atoms with van der Waals surface area (Å²) in [7, 11) is 0. The van der Waals surface area contributed by atoms with E-state index in [2.05, 4.69) is 25.1 Å². The predicted octanol–water partition coefficient (Wildman–Crippen LogP) is 1.99. The second-order valence-electron chi connectivity index (χ2n) is 5.73. The second kappa shape index (κ2) is 5.10. The Labute approximate surface area is 126 Å². The van der Waals surface area contributed by atoms with Crippen molar-refractivity contribution in [3.8, 4) is 0 Å². The molecule has 0 radical (unpaired) electrons. The van der Waals surface area contributed by atoms with Crippen molar-refractivity contribution in [3.05, 3.63) is 35.7 Å². The Hall–Kier alpha value is -2.41. The quantitative estimate of drug-likeness (QED) is 0.774. The van der Waals surface area contributed by atoms with E-state index in [-0.39, 0.29) is 5.82 Å². The monoisotopic (exact) mass is 299 g/mol. The van der Waals surface area contributed by atoms with Gasteiger partial charge in [-0.2, -0.15) is 10.1 Å². The molecule has 0 atom stereocenters. The Kier molecular flexibility index (Phi) is 3.07. The molecule has 0 aliphatic heterocycles. The van der Waals surface area contributed by atoms with Crippen LogP contribution < -0.4 is 5.32 Å². The summed E-state index contributed by atoms with van der Waals surface area (Å²) in [6.45, 7) is 1.97. The molecule has 0 amide bonds. The van der Waals surface area contributed by atoms with E-state index < -0.39 is 0 Å². The van der Waals surface area contributed by atoms with E-state index in [9.17, 15) is 4.39 Å². The van der Waals surface area contributed by atoms with Crippen LogP contribution in [0.5, 0.6) is 0 Å². The van der Waals surface area contributed by atoms with Crippen LogP contribution in [0.25, 0.3) is 11.0 Å². The minimum atomic E-state index is -0.377. The lowest BCUT2D eigenvalue weighted by atomic mass is 9.85. The van der Waals surface area contributed by atoms with Crippen molar-refractivity contribution >= 4 is 22.7 Å². The number of aryl methyl sites for hydroxylation is 1. The van der Waals surface area contributed by atoms with E-state index in [4.69, 9.17) is 0 Å². The molecule has 6 nitrogen and oxygen atoms in total. The van der Waals surface area contributed by atoms with Crippen molar-refractivity contribution in [3.63, 3.8) is 0 Å². The maximum absolute atomic E-state index is 13.4. The molecule has 0 spiro atoms. The normalized spacial score (nSPS) is 15.2. The van der Waals surface area contributed by atoms with Gasteiger partial charge in [-0.25, -0.2) is 24.8 Å². The van der Waals surface area contributed by atoms with Gasteiger partial charge < -0.3 is 0 Å². The number of aromatic nitrogens is 5. The molecule has 3 aromatic rings. The van der Waals surface area contributed by atoms with E-state index in [1.54, 1.807) is 0 Å². The van der Waals surface area contributed by atoms with Crippen molar-refractivity contribution in [1.29, 1.82) is 0 Å². The SMILES string of the molecule is Cc1cc([NH2+]c2[nH]nc3ncc(F)cc23)nc(C2CCC2)n1. The van der Waals surface area contributed by atoms with E-state index in [0.29, 0.717) is 22.8 Å². The minimum absolute atomic E-state index is 0.377. The van der Waals surface area contributed by atoms with Gasteiger partial charge in [0.1, 0.15) is 17.0 Å². The Morgan fingerprint density at radius 2 is 2.14 bits per heavy atom. The molecule has 22 heavy (non-hydrogen) atoms. The summed E-state index contributed by atoms with van der Waals surface area (Å²) in [4.78, 5) is 13.1. The maximum atomic E-state index is 13.4. The molecule has 3 N–H and O–H groups in total. The number of nitrogens with zero attached hydrogens (tertiary/aromatic N) is 4. The molecule has 1 aliphatic carbocycles. The van der Waals surface area contributed by atoms with Crippen molar-refractivity contribution in [1.82, 2.24) is 25.1 Å². The highest BCUT2D eigenvalue weighted by Crippen LogP contribution is 2.34. The molecular formula is C15H16FN6+. The third-order valence-corrected chi connectivity index (χ3v) is 4.06. The molecule has 1 saturated carbocycles. The predicted molar refractivity (Wildman–Crippen MR) is 78.5 cm³/mol. The lowest BCUT2D eigenvalue weighted by Gasteiger charge is -2.23. The summed E-state index contributed by atoms with van der Waals surface area (Å²) in [5, 5.41) is 9.50. The molecule has 0 saturated heterocycles. The van der Waals surface area contributed by atoms with Crippen LogP contribution in [0.1, 0.15) is 36.7 Å². The van der Waals surface area contributed by atoms with Crippen LogP contribution in [0.3, 0.4) is 0 Å². The van der Waals surface area contributed by atoms with Crippen molar-refractivity contribution in [2.75, 3.05) is 0 Å². The summed E-state index contributed by atoms with van der Waals surface area (Å²) in [5.41, 5.74) is 1.44. The van der Waals surface area contributed by atoms with Crippen LogP contribution >= 0.6 is 0 Å². The molecule has 0 bridgehead atoms. The highest BCUT2D eigenvalue weighted by Gasteiger charge is 2.24. The molecule has 112 valence electrons. The summed E-state index contributed by atoms with van der Waals surface area (Å²) >= 11 is 0. The summed E-state index contributed by atoms with van der Waals surface area (Å²) in [6.07, 6.45) is 4.73. The zero-order valence-corrected chi connectivity index (χ0v) is 12.2. The number of fused-ring (bicyclic) bond motifs is 1. The average Bonchev–Trinajstić information content (AvgIpc) is 2.79. The van der Waals surface area contributed by atoms with Crippen LogP contribution in [0.2, 0.25) is 0 Å². The number of halogens is 1. The van der Waals surface area contributed by atoms with Gasteiger partial charge in [0.2, 0.25) is 11.6 Å². The first-order valence-corrected chi connectivity index (χ1v) is 7.39. The average molecular weight is 299 g/mol. The second-order valence-corrected chi connectivity index (χ2v) is 5.73. The zero-order chi connectivity index (χ0) is 15.1. The van der Waals surface area contributed by atoms with Gasteiger partial charge in [-0.15, -0.1) is 0 Å². The van der Waals surface area contributed by atoms with Gasteiger partial charge in [0.05, 0.1) is 6.20 Å². The largest absolute Gasteiger partial charge is 0.248 e. The van der Waals surface area contributed by atoms with Crippen LogP contribution in [-0.2, 0) is 0 Å². The number of nitrogens with two attached hydrogens (primary N) is 1.